The monoisotopic (exact) mass is 756 g/mol. The lowest BCUT2D eigenvalue weighted by Crippen LogP contribution is -2.12. The van der Waals surface area contributed by atoms with E-state index in [0.717, 1.165) is 67.5 Å². The number of carbonyl (C=O) groups excluding carboxylic acids is 2. The molecular formula is C52H40N2O4. The Morgan fingerprint density at radius 1 is 0.328 bits per heavy atom. The Kier molecular flexibility index (Phi) is 10.9. The van der Waals surface area contributed by atoms with E-state index in [9.17, 15) is 9.59 Å². The summed E-state index contributed by atoms with van der Waals surface area (Å²) in [6, 6.07) is 69.4. The molecule has 0 spiro atoms. The number of benzene rings is 8. The quantitative estimate of drug-likeness (QED) is 0.123. The summed E-state index contributed by atoms with van der Waals surface area (Å²) >= 11 is 0. The van der Waals surface area contributed by atoms with E-state index in [4.69, 9.17) is 9.47 Å². The maximum Gasteiger partial charge on any atom is 0.337 e. The Balaban J connectivity index is 1.16. The average molecular weight is 757 g/mol. The van der Waals surface area contributed by atoms with Crippen molar-refractivity contribution in [3.05, 3.63) is 217 Å². The SMILES string of the molecule is COC(=O)c1ccc(N(c2ccc(-c3ccc(N(c4ccc(C(=O)OC)cc4)c4ccccc4-c4ccccc4)cc3)cc2)c2ccccc2-c2ccccc2)cc1. The van der Waals surface area contributed by atoms with Gasteiger partial charge in [0.05, 0.1) is 36.7 Å². The van der Waals surface area contributed by atoms with E-state index in [1.807, 2.05) is 72.8 Å². The molecule has 0 N–H and O–H groups in total. The molecule has 0 radical (unpaired) electrons. The fraction of sp³-hybridized carbons (Fsp3) is 0.0385. The molecule has 282 valence electrons. The van der Waals surface area contributed by atoms with E-state index in [-0.39, 0.29) is 11.9 Å². The van der Waals surface area contributed by atoms with E-state index in [1.54, 1.807) is 24.3 Å². The first-order valence-electron chi connectivity index (χ1n) is 19.0. The second-order valence-corrected chi connectivity index (χ2v) is 13.6. The molecule has 0 aliphatic heterocycles. The summed E-state index contributed by atoms with van der Waals surface area (Å²) in [5, 5.41) is 0. The maximum atomic E-state index is 12.3. The molecule has 0 bridgehead atoms. The molecule has 8 rings (SSSR count). The number of esters is 2. The average Bonchev–Trinajstić information content (AvgIpc) is 3.30. The fourth-order valence-corrected chi connectivity index (χ4v) is 7.25. The van der Waals surface area contributed by atoms with Crippen molar-refractivity contribution < 1.29 is 19.1 Å². The van der Waals surface area contributed by atoms with E-state index >= 15 is 0 Å². The van der Waals surface area contributed by atoms with Crippen molar-refractivity contribution in [3.63, 3.8) is 0 Å². The van der Waals surface area contributed by atoms with E-state index in [2.05, 4.69) is 119 Å². The third kappa shape index (κ3) is 7.72. The van der Waals surface area contributed by atoms with Crippen LogP contribution in [0, 0.1) is 0 Å². The van der Waals surface area contributed by atoms with Crippen LogP contribution in [0.4, 0.5) is 34.1 Å². The lowest BCUT2D eigenvalue weighted by molar-refractivity contribution is 0.0592. The molecule has 0 fully saturated rings. The number of methoxy groups -OCH3 is 2. The van der Waals surface area contributed by atoms with Crippen LogP contribution < -0.4 is 9.80 Å². The van der Waals surface area contributed by atoms with Crippen molar-refractivity contribution in [3.8, 4) is 33.4 Å². The molecule has 8 aromatic rings. The zero-order chi connectivity index (χ0) is 39.8. The lowest BCUT2D eigenvalue weighted by atomic mass is 10.00. The molecule has 8 aromatic carbocycles. The molecule has 6 nitrogen and oxygen atoms in total. The van der Waals surface area contributed by atoms with Crippen molar-refractivity contribution in [2.75, 3.05) is 24.0 Å². The summed E-state index contributed by atoms with van der Waals surface area (Å²) < 4.78 is 9.94. The predicted octanol–water partition coefficient (Wildman–Crippen LogP) is 13.2. The minimum Gasteiger partial charge on any atom is -0.465 e. The highest BCUT2D eigenvalue weighted by molar-refractivity contribution is 5.94. The summed E-state index contributed by atoms with van der Waals surface area (Å²) in [7, 11) is 2.78. The number of hydrogen-bond acceptors (Lipinski definition) is 6. The van der Waals surface area contributed by atoms with Gasteiger partial charge in [0.2, 0.25) is 0 Å². The number of ether oxygens (including phenoxy) is 2. The molecule has 0 amide bonds. The summed E-state index contributed by atoms with van der Waals surface area (Å²) in [5.41, 5.74) is 13.2. The lowest BCUT2D eigenvalue weighted by Gasteiger charge is -2.28. The first-order valence-corrected chi connectivity index (χ1v) is 19.0. The Morgan fingerprint density at radius 3 is 0.948 bits per heavy atom. The third-order valence-corrected chi connectivity index (χ3v) is 10.1. The summed E-state index contributed by atoms with van der Waals surface area (Å²) in [6.07, 6.45) is 0. The number of rotatable bonds is 11. The van der Waals surface area contributed by atoms with Crippen LogP contribution in [0.2, 0.25) is 0 Å². The number of para-hydroxylation sites is 2. The topological polar surface area (TPSA) is 59.1 Å². The van der Waals surface area contributed by atoms with Gasteiger partial charge in [0.15, 0.2) is 0 Å². The van der Waals surface area contributed by atoms with Crippen LogP contribution in [-0.2, 0) is 9.47 Å². The molecule has 0 aromatic heterocycles. The summed E-state index contributed by atoms with van der Waals surface area (Å²) in [5.74, 6) is -0.753. The Morgan fingerprint density at radius 2 is 0.621 bits per heavy atom. The minimum absolute atomic E-state index is 0.377. The number of carbonyl (C=O) groups is 2. The highest BCUT2D eigenvalue weighted by Crippen LogP contribution is 2.43. The Hall–Kier alpha value is -7.70. The van der Waals surface area contributed by atoms with Gasteiger partial charge in [-0.2, -0.15) is 0 Å². The molecule has 58 heavy (non-hydrogen) atoms. The van der Waals surface area contributed by atoms with Crippen LogP contribution >= 0.6 is 0 Å². The fourth-order valence-electron chi connectivity index (χ4n) is 7.25. The van der Waals surface area contributed by atoms with Gasteiger partial charge >= 0.3 is 11.9 Å². The largest absolute Gasteiger partial charge is 0.465 e. The number of anilines is 6. The molecule has 0 unspecified atom stereocenters. The van der Waals surface area contributed by atoms with Crippen LogP contribution in [0.25, 0.3) is 33.4 Å². The van der Waals surface area contributed by atoms with E-state index in [0.29, 0.717) is 11.1 Å². The van der Waals surface area contributed by atoms with Gasteiger partial charge in [-0.1, -0.05) is 121 Å². The van der Waals surface area contributed by atoms with Crippen LogP contribution in [0.1, 0.15) is 20.7 Å². The number of hydrogen-bond donors (Lipinski definition) is 0. The van der Waals surface area contributed by atoms with Gasteiger partial charge in [-0.05, 0) is 107 Å². The van der Waals surface area contributed by atoms with Gasteiger partial charge in [0, 0.05) is 33.9 Å². The summed E-state index contributed by atoms with van der Waals surface area (Å²) in [6.45, 7) is 0. The molecule has 0 saturated carbocycles. The molecule has 0 heterocycles. The molecule has 6 heteroatoms. The van der Waals surface area contributed by atoms with E-state index < -0.39 is 0 Å². The summed E-state index contributed by atoms with van der Waals surface area (Å²) in [4.78, 5) is 29.1. The van der Waals surface area contributed by atoms with Gasteiger partial charge in [-0.3, -0.25) is 0 Å². The maximum absolute atomic E-state index is 12.3. The first kappa shape index (κ1) is 37.2. The number of nitrogens with zero attached hydrogens (tertiary/aromatic N) is 2. The predicted molar refractivity (Wildman–Crippen MR) is 235 cm³/mol. The second-order valence-electron chi connectivity index (χ2n) is 13.6. The van der Waals surface area contributed by atoms with Crippen molar-refractivity contribution in [2.45, 2.75) is 0 Å². The van der Waals surface area contributed by atoms with Crippen LogP contribution in [0.5, 0.6) is 0 Å². The molecular weight excluding hydrogens is 717 g/mol. The van der Waals surface area contributed by atoms with E-state index in [1.165, 1.54) is 14.2 Å². The molecule has 0 atom stereocenters. The van der Waals surface area contributed by atoms with Crippen LogP contribution in [0.15, 0.2) is 206 Å². The van der Waals surface area contributed by atoms with Crippen molar-refractivity contribution in [1.29, 1.82) is 0 Å². The van der Waals surface area contributed by atoms with Gasteiger partial charge in [-0.25, -0.2) is 9.59 Å². The Bertz CT molecular complexity index is 2450. The molecule has 0 saturated heterocycles. The van der Waals surface area contributed by atoms with Gasteiger partial charge in [0.1, 0.15) is 0 Å². The smallest absolute Gasteiger partial charge is 0.337 e. The third-order valence-electron chi connectivity index (χ3n) is 10.1. The van der Waals surface area contributed by atoms with Crippen molar-refractivity contribution >= 4 is 46.1 Å². The molecule has 0 aliphatic rings. The standard InChI is InChI=1S/C52H40N2O4/c1-57-51(55)41-25-33-45(34-26-41)53(49-19-11-9-17-47(49)39-13-5-3-6-14-39)43-29-21-37(22-30-43)38-23-31-44(32-24-38)54(46-35-27-42(28-36-46)52(56)58-2)50-20-12-10-18-48(50)40-15-7-4-8-16-40/h3-36H,1-2H3. The van der Waals surface area contributed by atoms with Crippen LogP contribution in [-0.4, -0.2) is 26.2 Å². The zero-order valence-electron chi connectivity index (χ0n) is 32.2. The van der Waals surface area contributed by atoms with Gasteiger partial charge < -0.3 is 19.3 Å². The zero-order valence-corrected chi connectivity index (χ0v) is 32.2. The molecule has 0 aliphatic carbocycles. The second kappa shape index (κ2) is 17.0. The van der Waals surface area contributed by atoms with Crippen LogP contribution in [0.3, 0.4) is 0 Å². The minimum atomic E-state index is -0.377. The highest BCUT2D eigenvalue weighted by Gasteiger charge is 2.20. The van der Waals surface area contributed by atoms with Gasteiger partial charge in [0.25, 0.3) is 0 Å². The van der Waals surface area contributed by atoms with Gasteiger partial charge in [-0.15, -0.1) is 0 Å². The highest BCUT2D eigenvalue weighted by atomic mass is 16.5. The first-order chi connectivity index (χ1) is 28.5. The van der Waals surface area contributed by atoms with Crippen molar-refractivity contribution in [2.24, 2.45) is 0 Å². The normalized spacial score (nSPS) is 10.7. The Labute approximate surface area is 338 Å². The van der Waals surface area contributed by atoms with Crippen molar-refractivity contribution in [1.82, 2.24) is 0 Å².